The van der Waals surface area contributed by atoms with Crippen molar-refractivity contribution in [3.8, 4) is 0 Å². The van der Waals surface area contributed by atoms with Gasteiger partial charge in [0.05, 0.1) is 12.2 Å². The molecule has 2 aromatic carbocycles. The average molecular weight is 402 g/mol. The van der Waals surface area contributed by atoms with Gasteiger partial charge in [-0.15, -0.1) is 0 Å². The molecule has 0 aliphatic carbocycles. The number of hydrogen-bond donors (Lipinski definition) is 1. The van der Waals surface area contributed by atoms with Gasteiger partial charge >= 0.3 is 0 Å². The first-order valence-corrected chi connectivity index (χ1v) is 10.1. The van der Waals surface area contributed by atoms with E-state index in [0.29, 0.717) is 12.2 Å². The van der Waals surface area contributed by atoms with Gasteiger partial charge in [-0.1, -0.05) is 36.4 Å². The van der Waals surface area contributed by atoms with Gasteiger partial charge in [-0.25, -0.2) is 0 Å². The molecule has 0 saturated heterocycles. The van der Waals surface area contributed by atoms with E-state index in [9.17, 15) is 9.59 Å². The highest BCUT2D eigenvalue weighted by Crippen LogP contribution is 2.34. The summed E-state index contributed by atoms with van der Waals surface area (Å²) in [7, 11) is 0. The van der Waals surface area contributed by atoms with Crippen LogP contribution in [-0.2, 0) is 17.9 Å². The predicted molar refractivity (Wildman–Crippen MR) is 116 cm³/mol. The molecular weight excluding hydrogens is 376 g/mol. The second kappa shape index (κ2) is 7.44. The highest BCUT2D eigenvalue weighted by molar-refractivity contribution is 6.11. The Bertz CT molecular complexity index is 1100. The van der Waals surface area contributed by atoms with E-state index in [1.165, 1.54) is 0 Å². The SMILES string of the molecule is Cc1cc(C)cc(N2C(=O)c3cc(C)nn3CC2(C)C(=O)NCc2ccccc2)c1. The molecule has 1 atom stereocenters. The van der Waals surface area contributed by atoms with E-state index < -0.39 is 5.54 Å². The van der Waals surface area contributed by atoms with Gasteiger partial charge in [-0.3, -0.25) is 19.2 Å². The smallest absolute Gasteiger partial charge is 0.277 e. The number of benzene rings is 2. The van der Waals surface area contributed by atoms with Crippen LogP contribution in [0.3, 0.4) is 0 Å². The number of carbonyl (C=O) groups is 2. The Morgan fingerprint density at radius 3 is 2.40 bits per heavy atom. The first-order chi connectivity index (χ1) is 14.3. The summed E-state index contributed by atoms with van der Waals surface area (Å²) in [5.74, 6) is -0.429. The lowest BCUT2D eigenvalue weighted by atomic mass is 9.93. The average Bonchev–Trinajstić information content (AvgIpc) is 3.06. The molecule has 2 heterocycles. The van der Waals surface area contributed by atoms with Crippen molar-refractivity contribution in [3.05, 3.63) is 82.7 Å². The number of hydrogen-bond acceptors (Lipinski definition) is 3. The molecule has 154 valence electrons. The van der Waals surface area contributed by atoms with Crippen LogP contribution in [0, 0.1) is 20.8 Å². The van der Waals surface area contributed by atoms with Crippen LogP contribution < -0.4 is 10.2 Å². The summed E-state index contributed by atoms with van der Waals surface area (Å²) >= 11 is 0. The fourth-order valence-corrected chi connectivity index (χ4v) is 4.16. The van der Waals surface area contributed by atoms with E-state index in [4.69, 9.17) is 0 Å². The minimum absolute atomic E-state index is 0.210. The Morgan fingerprint density at radius 1 is 1.07 bits per heavy atom. The second-order valence-corrected chi connectivity index (χ2v) is 8.26. The zero-order chi connectivity index (χ0) is 21.5. The summed E-state index contributed by atoms with van der Waals surface area (Å²) in [6.45, 7) is 8.33. The van der Waals surface area contributed by atoms with Crippen LogP contribution in [-0.4, -0.2) is 27.1 Å². The Kier molecular flexibility index (Phi) is 4.94. The molecule has 1 aliphatic heterocycles. The van der Waals surface area contributed by atoms with Gasteiger partial charge in [0.15, 0.2) is 0 Å². The van der Waals surface area contributed by atoms with E-state index in [-0.39, 0.29) is 18.4 Å². The zero-order valence-electron chi connectivity index (χ0n) is 17.8. The molecule has 0 bridgehead atoms. The Balaban J connectivity index is 1.75. The number of aromatic nitrogens is 2. The summed E-state index contributed by atoms with van der Waals surface area (Å²) in [6.07, 6.45) is 0. The van der Waals surface area contributed by atoms with Crippen molar-refractivity contribution in [2.45, 2.75) is 46.3 Å². The monoisotopic (exact) mass is 402 g/mol. The van der Waals surface area contributed by atoms with E-state index in [0.717, 1.165) is 28.1 Å². The molecule has 1 N–H and O–H groups in total. The summed E-state index contributed by atoms with van der Waals surface area (Å²) in [6, 6.07) is 17.5. The zero-order valence-corrected chi connectivity index (χ0v) is 17.8. The van der Waals surface area contributed by atoms with Gasteiger partial charge in [0.25, 0.3) is 5.91 Å². The lowest BCUT2D eigenvalue weighted by Crippen LogP contribution is -2.64. The number of fused-ring (bicyclic) bond motifs is 1. The largest absolute Gasteiger partial charge is 0.350 e. The molecular formula is C24H26N4O2. The number of carbonyl (C=O) groups excluding carboxylic acids is 2. The second-order valence-electron chi connectivity index (χ2n) is 8.26. The minimum atomic E-state index is -1.11. The normalized spacial score (nSPS) is 18.3. The molecule has 6 nitrogen and oxygen atoms in total. The van der Waals surface area contributed by atoms with Crippen LogP contribution >= 0.6 is 0 Å². The maximum absolute atomic E-state index is 13.5. The molecule has 0 spiro atoms. The summed E-state index contributed by atoms with van der Waals surface area (Å²) in [5, 5.41) is 7.47. The van der Waals surface area contributed by atoms with Crippen molar-refractivity contribution >= 4 is 17.5 Å². The molecule has 2 amide bonds. The fourth-order valence-electron chi connectivity index (χ4n) is 4.16. The standard InChI is InChI=1S/C24H26N4O2/c1-16-10-17(2)12-20(11-16)28-22(29)21-13-18(3)26-27(21)15-24(28,4)23(30)25-14-19-8-6-5-7-9-19/h5-13H,14-15H2,1-4H3,(H,25,30). The highest BCUT2D eigenvalue weighted by Gasteiger charge is 2.48. The van der Waals surface area contributed by atoms with Gasteiger partial charge in [-0.2, -0.15) is 5.10 Å². The van der Waals surface area contributed by atoms with Crippen LogP contribution in [0.4, 0.5) is 5.69 Å². The summed E-state index contributed by atoms with van der Waals surface area (Å²) in [5.41, 5.74) is 3.95. The number of aryl methyl sites for hydroxylation is 3. The summed E-state index contributed by atoms with van der Waals surface area (Å²) in [4.78, 5) is 28.6. The first kappa shape index (κ1) is 19.9. The third-order valence-electron chi connectivity index (χ3n) is 5.53. The lowest BCUT2D eigenvalue weighted by Gasteiger charge is -2.43. The molecule has 3 aromatic rings. The van der Waals surface area contributed by atoms with Crippen LogP contribution in [0.1, 0.15) is 39.8 Å². The number of nitrogens with zero attached hydrogens (tertiary/aromatic N) is 3. The van der Waals surface area contributed by atoms with Gasteiger partial charge < -0.3 is 5.32 Å². The number of rotatable bonds is 4. The molecule has 0 radical (unpaired) electrons. The van der Waals surface area contributed by atoms with Crippen molar-refractivity contribution in [2.75, 3.05) is 4.90 Å². The quantitative estimate of drug-likeness (QED) is 0.726. The van der Waals surface area contributed by atoms with Gasteiger partial charge in [0.1, 0.15) is 11.2 Å². The van der Waals surface area contributed by atoms with Crippen LogP contribution in [0.2, 0.25) is 0 Å². The maximum Gasteiger partial charge on any atom is 0.277 e. The third-order valence-corrected chi connectivity index (χ3v) is 5.53. The lowest BCUT2D eigenvalue weighted by molar-refractivity contribution is -0.126. The molecule has 1 aromatic heterocycles. The molecule has 0 saturated carbocycles. The topological polar surface area (TPSA) is 67.2 Å². The fraction of sp³-hybridized carbons (Fsp3) is 0.292. The van der Waals surface area contributed by atoms with Crippen LogP contribution in [0.25, 0.3) is 0 Å². The molecule has 1 aliphatic rings. The maximum atomic E-state index is 13.5. The first-order valence-electron chi connectivity index (χ1n) is 10.1. The van der Waals surface area contributed by atoms with Crippen LogP contribution in [0.15, 0.2) is 54.6 Å². The highest BCUT2D eigenvalue weighted by atomic mass is 16.2. The Labute approximate surface area is 176 Å². The molecule has 0 fully saturated rings. The third kappa shape index (κ3) is 3.49. The molecule has 6 heteroatoms. The van der Waals surface area contributed by atoms with E-state index >= 15 is 0 Å². The molecule has 4 rings (SSSR count). The predicted octanol–water partition coefficient (Wildman–Crippen LogP) is 3.54. The van der Waals surface area contributed by atoms with E-state index in [1.807, 2.05) is 70.2 Å². The van der Waals surface area contributed by atoms with Crippen LogP contribution in [0.5, 0.6) is 0 Å². The molecule has 1 unspecified atom stereocenters. The van der Waals surface area contributed by atoms with Crippen molar-refractivity contribution in [1.82, 2.24) is 15.1 Å². The van der Waals surface area contributed by atoms with E-state index in [2.05, 4.69) is 16.5 Å². The van der Waals surface area contributed by atoms with E-state index in [1.54, 1.807) is 15.6 Å². The van der Waals surface area contributed by atoms with Crippen molar-refractivity contribution in [1.29, 1.82) is 0 Å². The molecule has 30 heavy (non-hydrogen) atoms. The number of amides is 2. The Hall–Kier alpha value is -3.41. The van der Waals surface area contributed by atoms with Gasteiger partial charge in [-0.05, 0) is 62.6 Å². The summed E-state index contributed by atoms with van der Waals surface area (Å²) < 4.78 is 1.65. The van der Waals surface area contributed by atoms with Crippen molar-refractivity contribution < 1.29 is 9.59 Å². The van der Waals surface area contributed by atoms with Gasteiger partial charge in [0.2, 0.25) is 5.91 Å². The Morgan fingerprint density at radius 2 is 1.73 bits per heavy atom. The number of anilines is 1. The van der Waals surface area contributed by atoms with Gasteiger partial charge in [0, 0.05) is 12.2 Å². The van der Waals surface area contributed by atoms with Crippen molar-refractivity contribution in [2.24, 2.45) is 0 Å². The van der Waals surface area contributed by atoms with Crippen molar-refractivity contribution in [3.63, 3.8) is 0 Å². The minimum Gasteiger partial charge on any atom is -0.350 e. The number of nitrogens with one attached hydrogen (secondary N) is 1.